The fraction of sp³-hybridized carbons (Fsp3) is 0.182. The molecule has 6 aromatic rings. The molecular formula is C33H27N3O5S. The lowest BCUT2D eigenvalue weighted by Gasteiger charge is -2.13. The molecule has 0 unspecified atom stereocenters. The maximum atomic E-state index is 12.8. The highest BCUT2D eigenvalue weighted by Gasteiger charge is 2.25. The standard InChI is InChI=1S/C33H27N3O5S/c1-2-38-33(37)41-32-31(24-9-13-30-23(17-24)14-15-39-30)26-11-10-25(40-20-21-6-4-3-5-7-21)18-29(26)36(32)19-22-8-12-27-28(16-22)35-42-34-27/h3-13,16-18H,2,14-15,19-20H2,1H3. The van der Waals surface area contributed by atoms with Crippen LogP contribution in [0.3, 0.4) is 0 Å². The van der Waals surface area contributed by atoms with Gasteiger partial charge in [0.1, 0.15) is 29.1 Å². The zero-order valence-corrected chi connectivity index (χ0v) is 23.7. The summed E-state index contributed by atoms with van der Waals surface area (Å²) in [7, 11) is 0. The molecule has 0 N–H and O–H groups in total. The predicted octanol–water partition coefficient (Wildman–Crippen LogP) is 7.41. The minimum atomic E-state index is -0.757. The normalized spacial score (nSPS) is 12.3. The molecule has 0 spiro atoms. The van der Waals surface area contributed by atoms with Crippen molar-refractivity contribution in [2.45, 2.75) is 26.5 Å². The van der Waals surface area contributed by atoms with E-state index in [0.717, 1.165) is 61.9 Å². The van der Waals surface area contributed by atoms with Crippen molar-refractivity contribution in [3.05, 3.63) is 102 Å². The molecule has 7 rings (SSSR count). The molecule has 0 bridgehead atoms. The molecule has 1 aliphatic rings. The van der Waals surface area contributed by atoms with E-state index in [0.29, 0.717) is 31.4 Å². The lowest BCUT2D eigenvalue weighted by Crippen LogP contribution is -2.14. The van der Waals surface area contributed by atoms with Gasteiger partial charge in [0.25, 0.3) is 0 Å². The summed E-state index contributed by atoms with van der Waals surface area (Å²) >= 11 is 1.18. The molecule has 9 heteroatoms. The largest absolute Gasteiger partial charge is 0.515 e. The molecule has 4 aromatic carbocycles. The number of hydrogen-bond acceptors (Lipinski definition) is 8. The predicted molar refractivity (Wildman–Crippen MR) is 162 cm³/mol. The topological polar surface area (TPSA) is 84.7 Å². The third kappa shape index (κ3) is 5.03. The van der Waals surface area contributed by atoms with Crippen molar-refractivity contribution in [1.29, 1.82) is 0 Å². The smallest absolute Gasteiger partial charge is 0.493 e. The quantitative estimate of drug-likeness (QED) is 0.174. The number of carbonyl (C=O) groups excluding carboxylic acids is 1. The molecule has 3 heterocycles. The van der Waals surface area contributed by atoms with Gasteiger partial charge in [-0.25, -0.2) is 4.79 Å². The molecule has 0 amide bonds. The Morgan fingerprint density at radius 3 is 2.71 bits per heavy atom. The van der Waals surface area contributed by atoms with Gasteiger partial charge in [0.05, 0.1) is 42.6 Å². The van der Waals surface area contributed by atoms with Crippen LogP contribution in [-0.2, 0) is 24.3 Å². The molecule has 42 heavy (non-hydrogen) atoms. The van der Waals surface area contributed by atoms with Crippen LogP contribution in [0, 0.1) is 0 Å². The Labute approximate surface area is 246 Å². The van der Waals surface area contributed by atoms with Gasteiger partial charge >= 0.3 is 6.16 Å². The third-order valence-electron chi connectivity index (χ3n) is 7.32. The van der Waals surface area contributed by atoms with Crippen LogP contribution in [0.2, 0.25) is 0 Å². The van der Waals surface area contributed by atoms with Gasteiger partial charge in [-0.2, -0.15) is 8.75 Å². The highest BCUT2D eigenvalue weighted by Crippen LogP contribution is 2.44. The Hall–Kier alpha value is -4.89. The Morgan fingerprint density at radius 1 is 0.952 bits per heavy atom. The zero-order chi connectivity index (χ0) is 28.5. The van der Waals surface area contributed by atoms with Crippen molar-refractivity contribution < 1.29 is 23.7 Å². The molecule has 8 nitrogen and oxygen atoms in total. The first-order valence-corrected chi connectivity index (χ1v) is 14.5. The fourth-order valence-electron chi connectivity index (χ4n) is 5.36. The first-order valence-electron chi connectivity index (χ1n) is 13.8. The molecule has 0 atom stereocenters. The van der Waals surface area contributed by atoms with Crippen LogP contribution in [0.15, 0.2) is 84.9 Å². The van der Waals surface area contributed by atoms with Gasteiger partial charge in [0, 0.05) is 17.9 Å². The highest BCUT2D eigenvalue weighted by molar-refractivity contribution is 7.00. The Bertz CT molecular complexity index is 1910. The molecule has 0 aliphatic carbocycles. The van der Waals surface area contributed by atoms with E-state index in [4.69, 9.17) is 18.9 Å². The summed E-state index contributed by atoms with van der Waals surface area (Å²) in [5.74, 6) is 2.00. The molecule has 210 valence electrons. The molecule has 0 radical (unpaired) electrons. The Balaban J connectivity index is 1.39. The molecule has 0 fully saturated rings. The SMILES string of the molecule is CCOC(=O)Oc1c(-c2ccc3c(c2)CCO3)c2ccc(OCc3ccccc3)cc2n1Cc1ccc2nsnc2c1. The van der Waals surface area contributed by atoms with Crippen molar-refractivity contribution in [2.75, 3.05) is 13.2 Å². The number of hydrogen-bond donors (Lipinski definition) is 0. The summed E-state index contributed by atoms with van der Waals surface area (Å²) < 4.78 is 33.9. The first kappa shape index (κ1) is 26.0. The molecular weight excluding hydrogens is 550 g/mol. The average molecular weight is 578 g/mol. The second-order valence-corrected chi connectivity index (χ2v) is 10.5. The molecule has 0 saturated heterocycles. The second-order valence-electron chi connectivity index (χ2n) is 10.0. The van der Waals surface area contributed by atoms with Gasteiger partial charge in [-0.05, 0) is 65.6 Å². The van der Waals surface area contributed by atoms with Crippen LogP contribution in [0.4, 0.5) is 4.79 Å². The summed E-state index contributed by atoms with van der Waals surface area (Å²) in [6.07, 6.45) is 0.0710. The number of rotatable bonds is 8. The van der Waals surface area contributed by atoms with Gasteiger partial charge < -0.3 is 23.5 Å². The maximum absolute atomic E-state index is 12.8. The van der Waals surface area contributed by atoms with E-state index in [2.05, 4.69) is 14.8 Å². The van der Waals surface area contributed by atoms with Gasteiger partial charge in [-0.3, -0.25) is 0 Å². The van der Waals surface area contributed by atoms with Crippen molar-refractivity contribution in [2.24, 2.45) is 0 Å². The molecule has 1 aliphatic heterocycles. The van der Waals surface area contributed by atoms with E-state index in [9.17, 15) is 4.79 Å². The van der Waals surface area contributed by atoms with Crippen LogP contribution < -0.4 is 14.2 Å². The molecule has 2 aromatic heterocycles. The lowest BCUT2D eigenvalue weighted by atomic mass is 10.0. The number of aromatic nitrogens is 3. The second kappa shape index (κ2) is 11.2. The highest BCUT2D eigenvalue weighted by atomic mass is 32.1. The first-order chi connectivity index (χ1) is 20.7. The number of benzene rings is 4. The summed E-state index contributed by atoms with van der Waals surface area (Å²) in [5, 5.41) is 0.927. The summed E-state index contributed by atoms with van der Waals surface area (Å²) in [5.41, 5.74) is 7.46. The minimum absolute atomic E-state index is 0.204. The van der Waals surface area contributed by atoms with E-state index in [1.807, 2.05) is 83.4 Å². The number of ether oxygens (including phenoxy) is 4. The summed E-state index contributed by atoms with van der Waals surface area (Å²) in [6, 6.07) is 28.1. The lowest BCUT2D eigenvalue weighted by molar-refractivity contribution is 0.101. The minimum Gasteiger partial charge on any atom is -0.493 e. The van der Waals surface area contributed by atoms with Gasteiger partial charge in [0.2, 0.25) is 5.88 Å². The van der Waals surface area contributed by atoms with Crippen molar-refractivity contribution in [1.82, 2.24) is 13.3 Å². The van der Waals surface area contributed by atoms with E-state index < -0.39 is 6.16 Å². The molecule has 0 saturated carbocycles. The van der Waals surface area contributed by atoms with E-state index in [-0.39, 0.29) is 6.61 Å². The van der Waals surface area contributed by atoms with Crippen LogP contribution in [0.25, 0.3) is 33.1 Å². The average Bonchev–Trinajstić information content (AvgIpc) is 3.74. The van der Waals surface area contributed by atoms with Crippen LogP contribution in [0.5, 0.6) is 17.4 Å². The van der Waals surface area contributed by atoms with Crippen molar-refractivity contribution in [3.8, 4) is 28.5 Å². The van der Waals surface area contributed by atoms with Gasteiger partial charge in [0.15, 0.2) is 0 Å². The Morgan fingerprint density at radius 2 is 1.83 bits per heavy atom. The van der Waals surface area contributed by atoms with Crippen molar-refractivity contribution in [3.63, 3.8) is 0 Å². The Kier molecular flexibility index (Phi) is 6.93. The number of carbonyl (C=O) groups is 1. The van der Waals surface area contributed by atoms with E-state index in [1.54, 1.807) is 6.92 Å². The van der Waals surface area contributed by atoms with Gasteiger partial charge in [-0.15, -0.1) is 0 Å². The van der Waals surface area contributed by atoms with Crippen LogP contribution in [0.1, 0.15) is 23.6 Å². The monoisotopic (exact) mass is 577 g/mol. The van der Waals surface area contributed by atoms with Crippen LogP contribution in [-0.4, -0.2) is 32.7 Å². The zero-order valence-electron chi connectivity index (χ0n) is 22.9. The van der Waals surface area contributed by atoms with E-state index >= 15 is 0 Å². The summed E-state index contributed by atoms with van der Waals surface area (Å²) in [4.78, 5) is 12.8. The number of fused-ring (bicyclic) bond motifs is 3. The van der Waals surface area contributed by atoms with E-state index in [1.165, 1.54) is 11.7 Å². The third-order valence-corrected chi connectivity index (χ3v) is 7.87. The fourth-order valence-corrected chi connectivity index (χ4v) is 5.87. The number of nitrogens with zero attached hydrogens (tertiary/aromatic N) is 3. The van der Waals surface area contributed by atoms with Crippen LogP contribution >= 0.6 is 11.7 Å². The maximum Gasteiger partial charge on any atom is 0.515 e. The summed E-state index contributed by atoms with van der Waals surface area (Å²) in [6.45, 7) is 3.48. The van der Waals surface area contributed by atoms with Gasteiger partial charge in [-0.1, -0.05) is 42.5 Å². The van der Waals surface area contributed by atoms with Crippen molar-refractivity contribution >= 4 is 39.8 Å².